The van der Waals surface area contributed by atoms with E-state index in [0.29, 0.717) is 0 Å². The zero-order valence-electron chi connectivity index (χ0n) is 4.79. The SMILES string of the molecule is CC(O)C(=O)O.N.N. The summed E-state index contributed by atoms with van der Waals surface area (Å²) in [6, 6.07) is 0. The third-order valence-electron chi connectivity index (χ3n) is 0.357. The number of rotatable bonds is 1. The summed E-state index contributed by atoms with van der Waals surface area (Å²) in [6.45, 7) is 1.20. The maximum absolute atomic E-state index is 9.45. The molecule has 0 rings (SSSR count). The van der Waals surface area contributed by atoms with Crippen LogP contribution in [0.2, 0.25) is 0 Å². The predicted octanol–water partition coefficient (Wildman–Crippen LogP) is -0.224. The van der Waals surface area contributed by atoms with E-state index >= 15 is 0 Å². The van der Waals surface area contributed by atoms with Crippen molar-refractivity contribution in [3.05, 3.63) is 0 Å². The molecule has 0 aliphatic rings. The van der Waals surface area contributed by atoms with Crippen molar-refractivity contribution >= 4 is 5.97 Å². The van der Waals surface area contributed by atoms with Gasteiger partial charge in [0.15, 0.2) is 0 Å². The Bertz CT molecular complexity index is 63.5. The van der Waals surface area contributed by atoms with Crippen molar-refractivity contribution in [2.24, 2.45) is 0 Å². The van der Waals surface area contributed by atoms with Crippen molar-refractivity contribution in [3.8, 4) is 0 Å². The molecule has 0 aromatic carbocycles. The monoisotopic (exact) mass is 124 g/mol. The van der Waals surface area contributed by atoms with Crippen molar-refractivity contribution in [1.82, 2.24) is 12.3 Å². The van der Waals surface area contributed by atoms with Gasteiger partial charge in [-0.1, -0.05) is 0 Å². The van der Waals surface area contributed by atoms with Crippen LogP contribution in [-0.4, -0.2) is 22.3 Å². The first-order valence-electron chi connectivity index (χ1n) is 1.55. The highest BCUT2D eigenvalue weighted by Gasteiger charge is 2.01. The first kappa shape index (κ1) is 15.7. The van der Waals surface area contributed by atoms with Crippen molar-refractivity contribution in [1.29, 1.82) is 0 Å². The van der Waals surface area contributed by atoms with Crippen LogP contribution in [0.5, 0.6) is 0 Å². The van der Waals surface area contributed by atoms with Gasteiger partial charge in [-0.2, -0.15) is 0 Å². The molecule has 8 heavy (non-hydrogen) atoms. The molecule has 0 heterocycles. The first-order valence-corrected chi connectivity index (χ1v) is 1.55. The van der Waals surface area contributed by atoms with Crippen LogP contribution < -0.4 is 12.3 Å². The molecule has 5 nitrogen and oxygen atoms in total. The highest BCUT2D eigenvalue weighted by atomic mass is 16.4. The lowest BCUT2D eigenvalue weighted by molar-refractivity contribution is -0.145. The molecule has 0 aromatic rings. The van der Waals surface area contributed by atoms with Crippen LogP contribution in [0.3, 0.4) is 0 Å². The van der Waals surface area contributed by atoms with Gasteiger partial charge in [-0.05, 0) is 6.92 Å². The number of carbonyl (C=O) groups is 1. The molecule has 0 spiro atoms. The number of hydrogen-bond donors (Lipinski definition) is 4. The maximum Gasteiger partial charge on any atom is 0.332 e. The topological polar surface area (TPSA) is 128 Å². The van der Waals surface area contributed by atoms with Gasteiger partial charge in [-0.3, -0.25) is 0 Å². The van der Waals surface area contributed by atoms with Gasteiger partial charge in [-0.15, -0.1) is 0 Å². The first-order chi connectivity index (χ1) is 2.64. The summed E-state index contributed by atoms with van der Waals surface area (Å²) in [5.41, 5.74) is 0. The largest absolute Gasteiger partial charge is 0.479 e. The van der Waals surface area contributed by atoms with E-state index in [-0.39, 0.29) is 12.3 Å². The maximum atomic E-state index is 9.45. The molecular weight excluding hydrogens is 112 g/mol. The highest BCUT2D eigenvalue weighted by Crippen LogP contribution is 1.73. The van der Waals surface area contributed by atoms with Gasteiger partial charge >= 0.3 is 5.97 Å². The van der Waals surface area contributed by atoms with Gasteiger partial charge in [0.05, 0.1) is 0 Å². The van der Waals surface area contributed by atoms with Crippen LogP contribution in [-0.2, 0) is 4.79 Å². The van der Waals surface area contributed by atoms with Crippen LogP contribution in [0.1, 0.15) is 6.92 Å². The quantitative estimate of drug-likeness (QED) is 0.384. The van der Waals surface area contributed by atoms with Crippen LogP contribution in [0.25, 0.3) is 0 Å². The highest BCUT2D eigenvalue weighted by molar-refractivity contribution is 5.71. The van der Waals surface area contributed by atoms with Crippen LogP contribution in [0, 0.1) is 0 Å². The van der Waals surface area contributed by atoms with Gasteiger partial charge in [0, 0.05) is 0 Å². The zero-order chi connectivity index (χ0) is 5.15. The number of aliphatic hydroxyl groups is 1. The Morgan fingerprint density at radius 1 is 1.50 bits per heavy atom. The fraction of sp³-hybridized carbons (Fsp3) is 0.667. The molecule has 0 bridgehead atoms. The third kappa shape index (κ3) is 9.02. The smallest absolute Gasteiger partial charge is 0.332 e. The summed E-state index contributed by atoms with van der Waals surface area (Å²) in [5.74, 6) is -1.19. The molecule has 52 valence electrons. The Balaban J connectivity index is -0.000000125. The lowest BCUT2D eigenvalue weighted by Crippen LogP contribution is -2.13. The van der Waals surface area contributed by atoms with Gasteiger partial charge < -0.3 is 22.5 Å². The Morgan fingerprint density at radius 2 is 1.62 bits per heavy atom. The fourth-order valence-electron chi connectivity index (χ4n) is 0. The van der Waals surface area contributed by atoms with Crippen LogP contribution in [0.4, 0.5) is 0 Å². The standard InChI is InChI=1S/C3H6O3.2H3N/c1-2(4)3(5)6;;/h2,4H,1H3,(H,5,6);2*1H3. The fourth-order valence-corrected chi connectivity index (χ4v) is 0. The predicted molar refractivity (Wildman–Crippen MR) is 29.4 cm³/mol. The van der Waals surface area contributed by atoms with Crippen molar-refractivity contribution < 1.29 is 15.0 Å². The van der Waals surface area contributed by atoms with Gasteiger partial charge in [0.2, 0.25) is 0 Å². The minimum absolute atomic E-state index is 0. The van der Waals surface area contributed by atoms with Gasteiger partial charge in [0.1, 0.15) is 6.10 Å². The molecule has 0 saturated carbocycles. The second kappa shape index (κ2) is 6.35. The van der Waals surface area contributed by atoms with Crippen molar-refractivity contribution in [2.45, 2.75) is 13.0 Å². The Morgan fingerprint density at radius 3 is 1.62 bits per heavy atom. The molecule has 0 aliphatic heterocycles. The average Bonchev–Trinajstić information content (AvgIpc) is 1.36. The van der Waals surface area contributed by atoms with E-state index in [1.165, 1.54) is 6.92 Å². The van der Waals surface area contributed by atoms with E-state index in [2.05, 4.69) is 0 Å². The van der Waals surface area contributed by atoms with E-state index in [4.69, 9.17) is 10.2 Å². The Hall–Kier alpha value is -0.650. The molecule has 1 atom stereocenters. The summed E-state index contributed by atoms with van der Waals surface area (Å²) in [7, 11) is 0. The van der Waals surface area contributed by atoms with E-state index in [1.807, 2.05) is 0 Å². The molecule has 5 heteroatoms. The van der Waals surface area contributed by atoms with Crippen LogP contribution in [0.15, 0.2) is 0 Å². The number of carboxylic acids is 1. The molecule has 0 aromatic heterocycles. The molecule has 0 aliphatic carbocycles. The lowest BCUT2D eigenvalue weighted by atomic mass is 10.4. The summed E-state index contributed by atoms with van der Waals surface area (Å²) in [4.78, 5) is 9.45. The molecule has 0 amide bonds. The van der Waals surface area contributed by atoms with E-state index in [1.54, 1.807) is 0 Å². The number of aliphatic carboxylic acids is 1. The second-order valence-electron chi connectivity index (χ2n) is 1.01. The van der Waals surface area contributed by atoms with Gasteiger partial charge in [-0.25, -0.2) is 4.79 Å². The number of hydrogen-bond acceptors (Lipinski definition) is 4. The Kier molecular flexibility index (Phi) is 12.4. The second-order valence-corrected chi connectivity index (χ2v) is 1.01. The molecule has 1 unspecified atom stereocenters. The van der Waals surface area contributed by atoms with Crippen molar-refractivity contribution in [2.75, 3.05) is 0 Å². The van der Waals surface area contributed by atoms with E-state index < -0.39 is 12.1 Å². The molecule has 0 fully saturated rings. The third-order valence-corrected chi connectivity index (χ3v) is 0.357. The normalized spacial score (nSPS) is 10.2. The summed E-state index contributed by atoms with van der Waals surface area (Å²) in [6.07, 6.45) is -1.23. The summed E-state index contributed by atoms with van der Waals surface area (Å²) in [5, 5.41) is 15.8. The molecule has 0 radical (unpaired) electrons. The number of carboxylic acid groups (broad SMARTS) is 1. The number of aliphatic hydroxyl groups excluding tert-OH is 1. The van der Waals surface area contributed by atoms with E-state index in [0.717, 1.165) is 0 Å². The summed E-state index contributed by atoms with van der Waals surface area (Å²) >= 11 is 0. The van der Waals surface area contributed by atoms with E-state index in [9.17, 15) is 4.79 Å². The minimum atomic E-state index is -1.23. The lowest BCUT2D eigenvalue weighted by Gasteiger charge is -1.89. The minimum Gasteiger partial charge on any atom is -0.479 e. The van der Waals surface area contributed by atoms with Gasteiger partial charge in [0.25, 0.3) is 0 Å². The Labute approximate surface area is 47.5 Å². The van der Waals surface area contributed by atoms with Crippen molar-refractivity contribution in [3.63, 3.8) is 0 Å². The molecular formula is C3H12N2O3. The summed E-state index contributed by atoms with van der Waals surface area (Å²) < 4.78 is 0. The molecule has 8 N–H and O–H groups in total. The average molecular weight is 124 g/mol. The zero-order valence-corrected chi connectivity index (χ0v) is 4.79. The molecule has 0 saturated heterocycles. The van der Waals surface area contributed by atoms with Crippen LogP contribution >= 0.6 is 0 Å².